The van der Waals surface area contributed by atoms with Gasteiger partial charge in [-0.05, 0) is 44.5 Å². The van der Waals surface area contributed by atoms with Crippen molar-refractivity contribution >= 4 is 21.9 Å². The zero-order chi connectivity index (χ0) is 24.0. The maximum Gasteiger partial charge on any atom is 0.338 e. The topological polar surface area (TPSA) is 93.2 Å². The summed E-state index contributed by atoms with van der Waals surface area (Å²) in [7, 11) is -3.80. The number of carbonyl (C=O) groups excluding carboxylic acids is 2. The van der Waals surface area contributed by atoms with Crippen LogP contribution in [0.25, 0.3) is 0 Å². The Bertz CT molecular complexity index is 1060. The minimum absolute atomic E-state index is 0.00355. The molecule has 2 aromatic rings. The molecule has 1 aliphatic rings. The molecule has 0 spiro atoms. The first-order valence-corrected chi connectivity index (χ1v) is 12.4. The molecule has 3 rings (SSSR count). The standard InChI is InChI=1S/C24H30N2O6S/c1-4-25(16-20-9-6-5-7-10-20)23(27)17-31-24(28)21-11-8-12-22(13-21)33(29,30)26-14-18(2)32-19(3)15-26/h5-13,18-19H,4,14-17H2,1-3H3. The van der Waals surface area contributed by atoms with E-state index >= 15 is 0 Å². The van der Waals surface area contributed by atoms with Crippen LogP contribution in [0.2, 0.25) is 0 Å². The summed E-state index contributed by atoms with van der Waals surface area (Å²) in [6.07, 6.45) is -0.444. The Morgan fingerprint density at radius 3 is 2.36 bits per heavy atom. The molecule has 1 heterocycles. The fourth-order valence-electron chi connectivity index (χ4n) is 3.74. The lowest BCUT2D eigenvalue weighted by atomic mass is 10.2. The molecule has 0 saturated carbocycles. The molecular formula is C24H30N2O6S. The van der Waals surface area contributed by atoms with Gasteiger partial charge in [0.05, 0.1) is 22.7 Å². The Kier molecular flexibility index (Phi) is 8.23. The molecule has 0 bridgehead atoms. The average molecular weight is 475 g/mol. The van der Waals surface area contributed by atoms with E-state index in [1.165, 1.54) is 28.6 Å². The number of hydrogen-bond donors (Lipinski definition) is 0. The van der Waals surface area contributed by atoms with E-state index in [-0.39, 0.29) is 41.7 Å². The fraction of sp³-hybridized carbons (Fsp3) is 0.417. The smallest absolute Gasteiger partial charge is 0.338 e. The van der Waals surface area contributed by atoms with Gasteiger partial charge in [-0.1, -0.05) is 36.4 Å². The second kappa shape index (κ2) is 10.9. The van der Waals surface area contributed by atoms with Crippen molar-refractivity contribution in [3.8, 4) is 0 Å². The van der Waals surface area contributed by atoms with Crippen molar-refractivity contribution < 1.29 is 27.5 Å². The van der Waals surface area contributed by atoms with Crippen LogP contribution in [-0.2, 0) is 30.8 Å². The zero-order valence-corrected chi connectivity index (χ0v) is 20.0. The minimum atomic E-state index is -3.80. The lowest BCUT2D eigenvalue weighted by Gasteiger charge is -2.34. The first-order valence-electron chi connectivity index (χ1n) is 10.9. The zero-order valence-electron chi connectivity index (χ0n) is 19.1. The SMILES string of the molecule is CCN(Cc1ccccc1)C(=O)COC(=O)c1cccc(S(=O)(=O)N2CC(C)OC(C)C2)c1. The number of esters is 1. The van der Waals surface area contributed by atoms with Crippen molar-refractivity contribution in [2.45, 2.75) is 44.4 Å². The highest BCUT2D eigenvalue weighted by molar-refractivity contribution is 7.89. The Balaban J connectivity index is 1.65. The highest BCUT2D eigenvalue weighted by Crippen LogP contribution is 2.22. The summed E-state index contributed by atoms with van der Waals surface area (Å²) in [4.78, 5) is 26.7. The molecule has 1 saturated heterocycles. The van der Waals surface area contributed by atoms with E-state index in [4.69, 9.17) is 9.47 Å². The lowest BCUT2D eigenvalue weighted by molar-refractivity contribution is -0.134. The van der Waals surface area contributed by atoms with Crippen molar-refractivity contribution in [2.75, 3.05) is 26.2 Å². The van der Waals surface area contributed by atoms with Crippen molar-refractivity contribution in [3.63, 3.8) is 0 Å². The molecule has 1 fully saturated rings. The van der Waals surface area contributed by atoms with Gasteiger partial charge in [-0.2, -0.15) is 4.31 Å². The molecule has 0 radical (unpaired) electrons. The molecule has 9 heteroatoms. The summed E-state index contributed by atoms with van der Waals surface area (Å²) < 4.78 is 38.3. The van der Waals surface area contributed by atoms with E-state index in [9.17, 15) is 18.0 Å². The Morgan fingerprint density at radius 1 is 1.06 bits per heavy atom. The molecule has 1 aliphatic heterocycles. The maximum atomic E-state index is 13.1. The summed E-state index contributed by atoms with van der Waals surface area (Å²) in [5.74, 6) is -1.07. The molecule has 2 atom stereocenters. The Hall–Kier alpha value is -2.75. The van der Waals surface area contributed by atoms with Gasteiger partial charge in [-0.15, -0.1) is 0 Å². The maximum absolute atomic E-state index is 13.1. The molecule has 0 aromatic heterocycles. The normalized spacial score (nSPS) is 19.1. The Morgan fingerprint density at radius 2 is 1.73 bits per heavy atom. The number of nitrogens with zero attached hydrogens (tertiary/aromatic N) is 2. The van der Waals surface area contributed by atoms with Crippen LogP contribution in [0, 0.1) is 0 Å². The van der Waals surface area contributed by atoms with Gasteiger partial charge >= 0.3 is 5.97 Å². The number of carbonyl (C=O) groups is 2. The van der Waals surface area contributed by atoms with Gasteiger partial charge in [0.15, 0.2) is 6.61 Å². The molecule has 178 valence electrons. The third-order valence-electron chi connectivity index (χ3n) is 5.37. The highest BCUT2D eigenvalue weighted by Gasteiger charge is 2.32. The highest BCUT2D eigenvalue weighted by atomic mass is 32.2. The van der Waals surface area contributed by atoms with Crippen LogP contribution in [-0.4, -0.2) is 67.9 Å². The molecule has 2 unspecified atom stereocenters. The van der Waals surface area contributed by atoms with E-state index in [0.717, 1.165) is 5.56 Å². The van der Waals surface area contributed by atoms with Crippen LogP contribution in [0.3, 0.4) is 0 Å². The van der Waals surface area contributed by atoms with Gasteiger partial charge in [-0.25, -0.2) is 13.2 Å². The van der Waals surface area contributed by atoms with Crippen LogP contribution < -0.4 is 0 Å². The average Bonchev–Trinajstić information content (AvgIpc) is 2.81. The number of sulfonamides is 1. The second-order valence-corrected chi connectivity index (χ2v) is 10.0. The monoisotopic (exact) mass is 474 g/mol. The fourth-order valence-corrected chi connectivity index (χ4v) is 5.38. The number of benzene rings is 2. The molecule has 1 amide bonds. The van der Waals surface area contributed by atoms with Crippen LogP contribution in [0.1, 0.15) is 36.7 Å². The number of morpholine rings is 1. The van der Waals surface area contributed by atoms with E-state index in [1.54, 1.807) is 4.90 Å². The first kappa shape index (κ1) is 24.9. The van der Waals surface area contributed by atoms with Gasteiger partial charge in [0.25, 0.3) is 5.91 Å². The van der Waals surface area contributed by atoms with Crippen molar-refractivity contribution in [1.29, 1.82) is 0 Å². The molecule has 0 N–H and O–H groups in total. The van der Waals surface area contributed by atoms with E-state index in [2.05, 4.69) is 0 Å². The Labute approximate surface area is 195 Å². The van der Waals surface area contributed by atoms with Crippen LogP contribution >= 0.6 is 0 Å². The van der Waals surface area contributed by atoms with Crippen LogP contribution in [0.15, 0.2) is 59.5 Å². The number of amides is 1. The number of rotatable bonds is 8. The molecule has 2 aromatic carbocycles. The van der Waals surface area contributed by atoms with Crippen LogP contribution in [0.4, 0.5) is 0 Å². The summed E-state index contributed by atoms with van der Waals surface area (Å²) in [6, 6.07) is 15.2. The van der Waals surface area contributed by atoms with Crippen molar-refractivity contribution in [1.82, 2.24) is 9.21 Å². The van der Waals surface area contributed by atoms with Gasteiger partial charge in [-0.3, -0.25) is 4.79 Å². The summed E-state index contributed by atoms with van der Waals surface area (Å²) in [5, 5.41) is 0. The first-order chi connectivity index (χ1) is 15.7. The lowest BCUT2D eigenvalue weighted by Crippen LogP contribution is -2.48. The number of likely N-dealkylation sites (N-methyl/N-ethyl adjacent to an activating group) is 1. The molecular weight excluding hydrogens is 444 g/mol. The quantitative estimate of drug-likeness (QED) is 0.546. The van der Waals surface area contributed by atoms with E-state index < -0.39 is 22.6 Å². The largest absolute Gasteiger partial charge is 0.452 e. The van der Waals surface area contributed by atoms with Crippen molar-refractivity contribution in [3.05, 3.63) is 65.7 Å². The van der Waals surface area contributed by atoms with Gasteiger partial charge < -0.3 is 14.4 Å². The van der Waals surface area contributed by atoms with Crippen molar-refractivity contribution in [2.24, 2.45) is 0 Å². The van der Waals surface area contributed by atoms with E-state index in [1.807, 2.05) is 51.1 Å². The summed E-state index contributed by atoms with van der Waals surface area (Å²) in [6.45, 7) is 6.43. The van der Waals surface area contributed by atoms with Gasteiger partial charge in [0.2, 0.25) is 10.0 Å². The van der Waals surface area contributed by atoms with Gasteiger partial charge in [0.1, 0.15) is 0 Å². The predicted octanol–water partition coefficient (Wildman–Crippen LogP) is 2.69. The molecule has 0 aliphatic carbocycles. The summed E-state index contributed by atoms with van der Waals surface area (Å²) >= 11 is 0. The molecule has 8 nitrogen and oxygen atoms in total. The number of hydrogen-bond acceptors (Lipinski definition) is 6. The summed E-state index contributed by atoms with van der Waals surface area (Å²) in [5.41, 5.74) is 1.05. The third kappa shape index (κ3) is 6.40. The number of ether oxygens (including phenoxy) is 2. The predicted molar refractivity (Wildman–Crippen MR) is 123 cm³/mol. The van der Waals surface area contributed by atoms with Crippen LogP contribution in [0.5, 0.6) is 0 Å². The third-order valence-corrected chi connectivity index (χ3v) is 7.20. The minimum Gasteiger partial charge on any atom is -0.452 e. The van der Waals surface area contributed by atoms with Gasteiger partial charge in [0, 0.05) is 26.2 Å². The second-order valence-electron chi connectivity index (χ2n) is 8.08. The van der Waals surface area contributed by atoms with E-state index in [0.29, 0.717) is 13.1 Å². The molecule has 33 heavy (non-hydrogen) atoms.